The van der Waals surface area contributed by atoms with Crippen LogP contribution in [0.25, 0.3) is 0 Å². The minimum Gasteiger partial charge on any atom is -0.483 e. The molecule has 0 atom stereocenters. The second kappa shape index (κ2) is 46.5. The van der Waals surface area contributed by atoms with E-state index in [4.69, 9.17) is 19.4 Å². The molecule has 0 aliphatic carbocycles. The van der Waals surface area contributed by atoms with Gasteiger partial charge in [-0.25, -0.2) is 0 Å². The van der Waals surface area contributed by atoms with Crippen molar-refractivity contribution in [3.8, 4) is 0 Å². The van der Waals surface area contributed by atoms with Crippen LogP contribution >= 0.6 is 0 Å². The monoisotopic (exact) mass is 878 g/mol. The third-order valence-corrected chi connectivity index (χ3v) is 12.2. The minimum absolute atomic E-state index is 0.0153. The fraction of sp³-hybridized carbons (Fsp3) is 0.885. The van der Waals surface area contributed by atoms with E-state index in [-0.39, 0.29) is 18.5 Å². The van der Waals surface area contributed by atoms with Crippen molar-refractivity contribution in [3.63, 3.8) is 0 Å². The molecule has 0 aromatic heterocycles. The Bertz CT molecular complexity index is 1170. The maximum absolute atomic E-state index is 12.9. The van der Waals surface area contributed by atoms with E-state index in [0.29, 0.717) is 37.5 Å². The molecule has 62 heavy (non-hydrogen) atoms. The highest BCUT2D eigenvalue weighted by Gasteiger charge is 2.20. The Labute approximate surface area is 380 Å². The predicted octanol–water partition coefficient (Wildman–Crippen LogP) is 13.4. The van der Waals surface area contributed by atoms with Crippen molar-refractivity contribution >= 4 is 23.8 Å². The first-order valence-electron chi connectivity index (χ1n) is 26.2. The highest BCUT2D eigenvalue weighted by atomic mass is 16.5. The van der Waals surface area contributed by atoms with Crippen LogP contribution in [-0.2, 0) is 19.1 Å². The summed E-state index contributed by atoms with van der Waals surface area (Å²) in [5, 5.41) is 13.2. The molecule has 0 unspecified atom stereocenters. The summed E-state index contributed by atoms with van der Waals surface area (Å²) in [4.78, 5) is 48.1. The van der Waals surface area contributed by atoms with Gasteiger partial charge in [-0.2, -0.15) is 0 Å². The van der Waals surface area contributed by atoms with Crippen molar-refractivity contribution in [1.82, 2.24) is 4.90 Å². The first-order chi connectivity index (χ1) is 30.4. The van der Waals surface area contributed by atoms with Gasteiger partial charge in [0.15, 0.2) is 0 Å². The highest BCUT2D eigenvalue weighted by Crippen LogP contribution is 2.19. The number of rotatable bonds is 47. The lowest BCUT2D eigenvalue weighted by Gasteiger charge is -2.23. The van der Waals surface area contributed by atoms with Gasteiger partial charge in [-0.1, -0.05) is 188 Å². The van der Waals surface area contributed by atoms with Crippen LogP contribution in [0.3, 0.4) is 0 Å². The Morgan fingerprint density at radius 2 is 0.871 bits per heavy atom. The smallest absolute Gasteiger partial charge is 0.306 e. The number of carbonyl (C=O) groups is 2. The topological polar surface area (TPSA) is 134 Å². The van der Waals surface area contributed by atoms with E-state index in [1.54, 1.807) is 7.11 Å². The molecular weight excluding hydrogens is 779 g/mol. The third kappa shape index (κ3) is 35.9. The summed E-state index contributed by atoms with van der Waals surface area (Å²) in [6.07, 6.45) is 43.7. The van der Waals surface area contributed by atoms with Gasteiger partial charge in [0, 0.05) is 26.6 Å². The molecule has 1 aromatic rings. The number of hydrogen-bond acceptors (Lipinski definition) is 9. The van der Waals surface area contributed by atoms with Crippen LogP contribution in [0.5, 0.6) is 0 Å². The average Bonchev–Trinajstić information content (AvgIpc) is 3.27. The summed E-state index contributed by atoms with van der Waals surface area (Å²) in [6.45, 7) is 11.4. The normalized spacial score (nSPS) is 11.3. The quantitative estimate of drug-likeness (QED) is 0.0251. The van der Waals surface area contributed by atoms with Crippen molar-refractivity contribution in [1.29, 1.82) is 0 Å². The van der Waals surface area contributed by atoms with Crippen LogP contribution < -0.4 is 21.5 Å². The van der Waals surface area contributed by atoms with Gasteiger partial charge in [0.05, 0.1) is 6.61 Å². The van der Waals surface area contributed by atoms with E-state index < -0.39 is 10.9 Å². The number of nitrogens with one attached hydrogen (secondary N) is 2. The SMILES string of the molecule is CCCCCCCCCCCCCCCCN(CCCCCCCC(=O)OC(CCCCCCCC)CCCCCCCC)CCCNc1c(NCCOC)c(=O)c1=O.O=CO. The molecule has 0 amide bonds. The number of hydrogen-bond donors (Lipinski definition) is 3. The molecule has 0 aliphatic heterocycles. The van der Waals surface area contributed by atoms with Crippen LogP contribution in [0.2, 0.25) is 0 Å². The molecule has 3 N–H and O–H groups in total. The molecule has 0 fully saturated rings. The number of carboxylic acid groups (broad SMARTS) is 1. The molecule has 0 saturated carbocycles. The number of carbonyl (C=O) groups excluding carboxylic acids is 1. The van der Waals surface area contributed by atoms with Crippen molar-refractivity contribution in [2.75, 3.05) is 57.1 Å². The second-order valence-corrected chi connectivity index (χ2v) is 17.9. The predicted molar refractivity (Wildman–Crippen MR) is 264 cm³/mol. The van der Waals surface area contributed by atoms with Crippen LogP contribution in [0.1, 0.15) is 245 Å². The Balaban J connectivity index is 0.0000120. The Kier molecular flexibility index (Phi) is 44.7. The second-order valence-electron chi connectivity index (χ2n) is 17.9. The lowest BCUT2D eigenvalue weighted by Crippen LogP contribution is -2.38. The molecule has 0 saturated heterocycles. The van der Waals surface area contributed by atoms with E-state index >= 15 is 0 Å². The van der Waals surface area contributed by atoms with Gasteiger partial charge in [-0.15, -0.1) is 0 Å². The van der Waals surface area contributed by atoms with Gasteiger partial charge >= 0.3 is 5.97 Å². The summed E-state index contributed by atoms with van der Waals surface area (Å²) in [6, 6.07) is 0. The van der Waals surface area contributed by atoms with Gasteiger partial charge < -0.3 is 30.1 Å². The fourth-order valence-corrected chi connectivity index (χ4v) is 8.34. The highest BCUT2D eigenvalue weighted by molar-refractivity contribution is 5.73. The molecule has 10 nitrogen and oxygen atoms in total. The Morgan fingerprint density at radius 3 is 1.27 bits per heavy atom. The van der Waals surface area contributed by atoms with Gasteiger partial charge in [0.1, 0.15) is 17.5 Å². The zero-order valence-corrected chi connectivity index (χ0v) is 41.0. The van der Waals surface area contributed by atoms with Crippen LogP contribution in [0.15, 0.2) is 9.59 Å². The van der Waals surface area contributed by atoms with Gasteiger partial charge in [-0.3, -0.25) is 19.2 Å². The number of ether oxygens (including phenoxy) is 2. The maximum atomic E-state index is 12.9. The van der Waals surface area contributed by atoms with E-state index in [1.807, 2.05) is 0 Å². The van der Waals surface area contributed by atoms with Crippen LogP contribution in [-0.4, -0.2) is 75.0 Å². The Hall–Kier alpha value is -2.46. The molecule has 10 heteroatoms. The third-order valence-electron chi connectivity index (χ3n) is 12.2. The summed E-state index contributed by atoms with van der Waals surface area (Å²) in [7, 11) is 1.62. The number of methoxy groups -OCH3 is 1. The number of anilines is 2. The lowest BCUT2D eigenvalue weighted by atomic mass is 10.0. The summed E-state index contributed by atoms with van der Waals surface area (Å²) in [5.74, 6) is 0.0153. The molecule has 364 valence electrons. The minimum atomic E-state index is -0.434. The van der Waals surface area contributed by atoms with Crippen LogP contribution in [0, 0.1) is 0 Å². The first kappa shape index (κ1) is 59.5. The fourth-order valence-electron chi connectivity index (χ4n) is 8.34. The van der Waals surface area contributed by atoms with Crippen molar-refractivity contribution in [3.05, 3.63) is 20.4 Å². The molecule has 0 bridgehead atoms. The van der Waals surface area contributed by atoms with E-state index in [0.717, 1.165) is 58.2 Å². The van der Waals surface area contributed by atoms with E-state index in [2.05, 4.69) is 36.3 Å². The first-order valence-corrected chi connectivity index (χ1v) is 26.2. The number of unbranched alkanes of at least 4 members (excludes halogenated alkanes) is 27. The molecule has 1 aromatic carbocycles. The molecule has 0 aliphatic rings. The molecule has 0 heterocycles. The van der Waals surface area contributed by atoms with Crippen LogP contribution in [0.4, 0.5) is 11.4 Å². The van der Waals surface area contributed by atoms with Gasteiger partial charge in [-0.05, 0) is 71.0 Å². The van der Waals surface area contributed by atoms with E-state index in [9.17, 15) is 14.4 Å². The van der Waals surface area contributed by atoms with E-state index in [1.165, 1.54) is 180 Å². The Morgan fingerprint density at radius 1 is 0.532 bits per heavy atom. The van der Waals surface area contributed by atoms with Crippen molar-refractivity contribution in [2.45, 2.75) is 252 Å². The molecule has 1 rings (SSSR count). The standard InChI is InChI=1S/C51H97N3O5.CH2O2/c1-5-8-11-14-17-18-19-20-21-22-23-24-29-34-42-54(44-36-40-52-48-49(51(57)50(48)56)53-41-45-58-4)43-35-30-25-28-33-39-47(55)59-46(37-31-26-15-12-9-6-2)38-32-27-16-13-10-7-3;2-1-3/h46,52-53H,5-45H2,1-4H3;1H,(H,2,3). The van der Waals surface area contributed by atoms with Crippen molar-refractivity contribution in [2.24, 2.45) is 0 Å². The van der Waals surface area contributed by atoms with Gasteiger partial charge in [0.2, 0.25) is 0 Å². The zero-order chi connectivity index (χ0) is 45.6. The number of esters is 1. The zero-order valence-electron chi connectivity index (χ0n) is 41.0. The van der Waals surface area contributed by atoms with Crippen molar-refractivity contribution < 1.29 is 24.2 Å². The molecule has 0 radical (unpaired) electrons. The maximum Gasteiger partial charge on any atom is 0.306 e. The molecule has 0 spiro atoms. The van der Waals surface area contributed by atoms with Gasteiger partial charge in [0.25, 0.3) is 17.3 Å². The summed E-state index contributed by atoms with van der Waals surface area (Å²) in [5.41, 5.74) is -0.0184. The largest absolute Gasteiger partial charge is 0.483 e. The number of nitrogens with zero attached hydrogens (tertiary/aromatic N) is 1. The average molecular weight is 878 g/mol. The lowest BCUT2D eigenvalue weighted by molar-refractivity contribution is -0.150. The molecular formula is C52H99N3O7. The summed E-state index contributed by atoms with van der Waals surface area (Å²) >= 11 is 0. The summed E-state index contributed by atoms with van der Waals surface area (Å²) < 4.78 is 11.2.